The number of urea groups is 1. The van der Waals surface area contributed by atoms with Crippen molar-refractivity contribution >= 4 is 17.8 Å². The van der Waals surface area contributed by atoms with Gasteiger partial charge in [-0.05, 0) is 30.5 Å². The van der Waals surface area contributed by atoms with Crippen molar-refractivity contribution in [3.05, 3.63) is 34.9 Å². The Morgan fingerprint density at radius 3 is 2.56 bits per heavy atom. The van der Waals surface area contributed by atoms with E-state index < -0.39 is 6.04 Å². The first-order chi connectivity index (χ1) is 11.8. The van der Waals surface area contributed by atoms with E-state index in [0.717, 1.165) is 5.56 Å². The second-order valence-corrected chi connectivity index (χ2v) is 6.88. The maximum atomic E-state index is 12.5. The molecule has 1 N–H and O–H groups in total. The predicted octanol–water partition coefficient (Wildman–Crippen LogP) is 0.498. The number of amides is 4. The number of hydrogen-bond donors (Lipinski definition) is 1. The zero-order chi connectivity index (χ0) is 18.1. The van der Waals surface area contributed by atoms with E-state index in [1.165, 1.54) is 16.0 Å². The minimum atomic E-state index is -0.559. The molecule has 0 spiro atoms. The molecule has 3 rings (SSSR count). The molecule has 7 heteroatoms. The highest BCUT2D eigenvalue weighted by atomic mass is 16.2. The average molecular weight is 344 g/mol. The molecule has 2 saturated heterocycles. The van der Waals surface area contributed by atoms with E-state index >= 15 is 0 Å². The molecule has 0 saturated carbocycles. The summed E-state index contributed by atoms with van der Waals surface area (Å²) in [5.41, 5.74) is 3.54. The molecule has 1 atom stereocenters. The fourth-order valence-corrected chi connectivity index (χ4v) is 3.21. The van der Waals surface area contributed by atoms with Gasteiger partial charge in [0.1, 0.15) is 6.04 Å². The molecule has 0 radical (unpaired) electrons. The third kappa shape index (κ3) is 3.60. The molecular weight excluding hydrogens is 320 g/mol. The minimum Gasteiger partial charge on any atom is -0.335 e. The summed E-state index contributed by atoms with van der Waals surface area (Å²) in [4.78, 5) is 41.3. The second-order valence-electron chi connectivity index (χ2n) is 6.88. The number of carbonyl (C=O) groups is 3. The SMILES string of the molecule is Cc1ccc(CN2CCN(C(=O)[C@H]3CN(C)C(=O)N3)CC2=O)cc1C. The highest BCUT2D eigenvalue weighted by Gasteiger charge is 2.36. The molecule has 2 heterocycles. The lowest BCUT2D eigenvalue weighted by Gasteiger charge is -2.35. The van der Waals surface area contributed by atoms with E-state index in [2.05, 4.69) is 31.3 Å². The Morgan fingerprint density at radius 2 is 1.96 bits per heavy atom. The van der Waals surface area contributed by atoms with Gasteiger partial charge in [0.15, 0.2) is 0 Å². The number of aryl methyl sites for hydroxylation is 2. The Kier molecular flexibility index (Phi) is 4.65. The topological polar surface area (TPSA) is 73.0 Å². The van der Waals surface area contributed by atoms with Crippen LogP contribution >= 0.6 is 0 Å². The zero-order valence-electron chi connectivity index (χ0n) is 14.9. The van der Waals surface area contributed by atoms with Crippen LogP contribution in [0.2, 0.25) is 0 Å². The van der Waals surface area contributed by atoms with E-state index in [1.54, 1.807) is 16.8 Å². The number of piperazine rings is 1. The van der Waals surface area contributed by atoms with Gasteiger partial charge in [0.25, 0.3) is 0 Å². The van der Waals surface area contributed by atoms with Gasteiger partial charge in [-0.2, -0.15) is 0 Å². The van der Waals surface area contributed by atoms with Crippen molar-refractivity contribution in [2.75, 3.05) is 33.2 Å². The largest absolute Gasteiger partial charge is 0.335 e. The van der Waals surface area contributed by atoms with Gasteiger partial charge in [0, 0.05) is 26.7 Å². The first kappa shape index (κ1) is 17.3. The molecule has 134 valence electrons. The Morgan fingerprint density at radius 1 is 1.20 bits per heavy atom. The normalized spacial score (nSPS) is 20.9. The molecule has 7 nitrogen and oxygen atoms in total. The van der Waals surface area contributed by atoms with Gasteiger partial charge < -0.3 is 20.0 Å². The van der Waals surface area contributed by atoms with Crippen LogP contribution in [0, 0.1) is 13.8 Å². The Labute approximate surface area is 147 Å². The molecule has 0 unspecified atom stereocenters. The highest BCUT2D eigenvalue weighted by Crippen LogP contribution is 2.15. The number of nitrogens with zero attached hydrogens (tertiary/aromatic N) is 3. The maximum Gasteiger partial charge on any atom is 0.317 e. The van der Waals surface area contributed by atoms with Gasteiger partial charge in [-0.15, -0.1) is 0 Å². The monoisotopic (exact) mass is 344 g/mol. The van der Waals surface area contributed by atoms with Gasteiger partial charge in [-0.25, -0.2) is 4.79 Å². The Bertz CT molecular complexity index is 718. The molecule has 2 aliphatic rings. The summed E-state index contributed by atoms with van der Waals surface area (Å²) in [5, 5.41) is 2.65. The number of benzene rings is 1. The molecule has 1 aromatic carbocycles. The van der Waals surface area contributed by atoms with Gasteiger partial charge in [0.05, 0.1) is 13.1 Å². The quantitative estimate of drug-likeness (QED) is 0.868. The fraction of sp³-hybridized carbons (Fsp3) is 0.500. The molecule has 2 aliphatic heterocycles. The summed E-state index contributed by atoms with van der Waals surface area (Å²) >= 11 is 0. The Balaban J connectivity index is 1.59. The van der Waals surface area contributed by atoms with Crippen LogP contribution in [0.25, 0.3) is 0 Å². The summed E-state index contributed by atoms with van der Waals surface area (Å²) in [6.45, 7) is 6.09. The number of rotatable bonds is 3. The van der Waals surface area contributed by atoms with Crippen molar-refractivity contribution < 1.29 is 14.4 Å². The summed E-state index contributed by atoms with van der Waals surface area (Å²) < 4.78 is 0. The summed E-state index contributed by atoms with van der Waals surface area (Å²) in [5.74, 6) is -0.243. The number of carbonyl (C=O) groups excluding carboxylic acids is 3. The van der Waals surface area contributed by atoms with Crippen molar-refractivity contribution in [2.45, 2.75) is 26.4 Å². The third-order valence-electron chi connectivity index (χ3n) is 4.97. The van der Waals surface area contributed by atoms with E-state index in [9.17, 15) is 14.4 Å². The van der Waals surface area contributed by atoms with Crippen LogP contribution in [0.5, 0.6) is 0 Å². The maximum absolute atomic E-state index is 12.5. The molecule has 0 bridgehead atoms. The Hall–Kier alpha value is -2.57. The molecular formula is C18H24N4O3. The average Bonchev–Trinajstić information content (AvgIpc) is 2.91. The molecule has 25 heavy (non-hydrogen) atoms. The minimum absolute atomic E-state index is 0.0597. The summed E-state index contributed by atoms with van der Waals surface area (Å²) in [7, 11) is 1.65. The van der Waals surface area contributed by atoms with Crippen molar-refractivity contribution in [3.8, 4) is 0 Å². The van der Waals surface area contributed by atoms with Crippen LogP contribution in [0.1, 0.15) is 16.7 Å². The lowest BCUT2D eigenvalue weighted by molar-refractivity contribution is -0.146. The summed E-state index contributed by atoms with van der Waals surface area (Å²) in [6.07, 6.45) is 0. The van der Waals surface area contributed by atoms with Crippen LogP contribution in [-0.2, 0) is 16.1 Å². The smallest absolute Gasteiger partial charge is 0.317 e. The van der Waals surface area contributed by atoms with Gasteiger partial charge in [-0.3, -0.25) is 9.59 Å². The number of hydrogen-bond acceptors (Lipinski definition) is 3. The third-order valence-corrected chi connectivity index (χ3v) is 4.97. The van der Waals surface area contributed by atoms with E-state index in [1.807, 2.05) is 6.07 Å². The standard InChI is InChI=1S/C18H24N4O3/c1-12-4-5-14(8-13(12)2)9-21-6-7-22(11-16(21)23)17(24)15-10-20(3)18(25)19-15/h4-5,8,15H,6-7,9-11H2,1-3H3,(H,19,25)/t15-/m1/s1. The van der Waals surface area contributed by atoms with Crippen LogP contribution in [-0.4, -0.2) is 71.8 Å². The van der Waals surface area contributed by atoms with Gasteiger partial charge >= 0.3 is 6.03 Å². The van der Waals surface area contributed by atoms with E-state index in [0.29, 0.717) is 26.2 Å². The van der Waals surface area contributed by atoms with Crippen LogP contribution < -0.4 is 5.32 Å². The van der Waals surface area contributed by atoms with Crippen LogP contribution in [0.3, 0.4) is 0 Å². The molecule has 0 aliphatic carbocycles. The second kappa shape index (κ2) is 6.74. The number of nitrogens with one attached hydrogen (secondary N) is 1. The lowest BCUT2D eigenvalue weighted by atomic mass is 10.1. The molecule has 2 fully saturated rings. The van der Waals surface area contributed by atoms with E-state index in [-0.39, 0.29) is 24.4 Å². The predicted molar refractivity (Wildman–Crippen MR) is 92.9 cm³/mol. The summed E-state index contributed by atoms with van der Waals surface area (Å²) in [6, 6.07) is 5.39. The van der Waals surface area contributed by atoms with Crippen molar-refractivity contribution in [2.24, 2.45) is 0 Å². The lowest BCUT2D eigenvalue weighted by Crippen LogP contribution is -2.55. The van der Waals surface area contributed by atoms with Gasteiger partial charge in [0.2, 0.25) is 11.8 Å². The van der Waals surface area contributed by atoms with Gasteiger partial charge in [-0.1, -0.05) is 18.2 Å². The molecule has 1 aromatic rings. The molecule has 4 amide bonds. The van der Waals surface area contributed by atoms with E-state index in [4.69, 9.17) is 0 Å². The highest BCUT2D eigenvalue weighted by molar-refractivity contribution is 5.93. The fourth-order valence-electron chi connectivity index (χ4n) is 3.21. The van der Waals surface area contributed by atoms with Crippen LogP contribution in [0.15, 0.2) is 18.2 Å². The van der Waals surface area contributed by atoms with Crippen molar-refractivity contribution in [1.82, 2.24) is 20.0 Å². The molecule has 0 aromatic heterocycles. The first-order valence-electron chi connectivity index (χ1n) is 8.49. The zero-order valence-corrected chi connectivity index (χ0v) is 14.9. The van der Waals surface area contributed by atoms with Crippen molar-refractivity contribution in [3.63, 3.8) is 0 Å². The first-order valence-corrected chi connectivity index (χ1v) is 8.49. The van der Waals surface area contributed by atoms with Crippen LogP contribution in [0.4, 0.5) is 4.79 Å². The van der Waals surface area contributed by atoms with Crippen molar-refractivity contribution in [1.29, 1.82) is 0 Å². The number of likely N-dealkylation sites (N-methyl/N-ethyl adjacent to an activating group) is 1.